The van der Waals surface area contributed by atoms with Crippen molar-refractivity contribution in [2.45, 2.75) is 32.8 Å². The van der Waals surface area contributed by atoms with E-state index in [0.29, 0.717) is 6.42 Å². The topological polar surface area (TPSA) is 88.3 Å². The number of carbonyl (C=O) groups excluding carboxylic acids is 1. The lowest BCUT2D eigenvalue weighted by molar-refractivity contribution is -0.148. The number of ether oxygens (including phenoxy) is 1. The van der Waals surface area contributed by atoms with Crippen molar-refractivity contribution in [2.24, 2.45) is 10.2 Å². The molecule has 0 aromatic heterocycles. The maximum absolute atomic E-state index is 10.5. The highest BCUT2D eigenvalue weighted by molar-refractivity contribution is 6.38. The molecule has 6 heteroatoms. The van der Waals surface area contributed by atoms with Gasteiger partial charge in [0.1, 0.15) is 5.60 Å². The first kappa shape index (κ1) is 15.0. The van der Waals surface area contributed by atoms with Gasteiger partial charge in [0.05, 0.1) is 0 Å². The number of nitrogens with zero attached hydrogens (tertiary/aromatic N) is 2. The van der Waals surface area contributed by atoms with Gasteiger partial charge >= 0.3 is 11.9 Å². The number of carbonyl (C=O) groups is 2. The minimum Gasteiger partial charge on any atom is -0.477 e. The zero-order chi connectivity index (χ0) is 13.5. The smallest absolute Gasteiger partial charge is 0.352 e. The van der Waals surface area contributed by atoms with Crippen LogP contribution in [0.2, 0.25) is 0 Å². The molecule has 6 nitrogen and oxygen atoms in total. The van der Waals surface area contributed by atoms with Crippen molar-refractivity contribution >= 4 is 23.9 Å². The molecule has 0 aromatic carbocycles. The Morgan fingerprint density at radius 3 is 2.29 bits per heavy atom. The van der Waals surface area contributed by atoms with E-state index in [1.54, 1.807) is 0 Å². The van der Waals surface area contributed by atoms with Crippen LogP contribution in [0.4, 0.5) is 0 Å². The van der Waals surface area contributed by atoms with Crippen LogP contribution in [-0.2, 0) is 14.3 Å². The standard InChI is InChI=1S/C7H12O2.C4H4N2O2/c1-5-6(8)9-7(2,3)4;7-4(8)3-1-2-5-6-3/h5H,1H2,2-4H3;2H,1H2,(H,7,8). The van der Waals surface area contributed by atoms with E-state index in [0.717, 1.165) is 6.08 Å². The third kappa shape index (κ3) is 7.89. The molecule has 0 amide bonds. The average Bonchev–Trinajstić information content (AvgIpc) is 2.68. The molecule has 1 rings (SSSR count). The lowest BCUT2D eigenvalue weighted by Crippen LogP contribution is -2.22. The lowest BCUT2D eigenvalue weighted by Gasteiger charge is -2.17. The van der Waals surface area contributed by atoms with Crippen LogP contribution >= 0.6 is 0 Å². The lowest BCUT2D eigenvalue weighted by atomic mass is 10.2. The Bertz CT molecular complexity index is 364. The van der Waals surface area contributed by atoms with E-state index < -0.39 is 11.6 Å². The van der Waals surface area contributed by atoms with Crippen molar-refractivity contribution in [2.75, 3.05) is 0 Å². The molecule has 0 aliphatic carbocycles. The summed E-state index contributed by atoms with van der Waals surface area (Å²) in [6.07, 6.45) is 2.98. The second kappa shape index (κ2) is 6.57. The average molecular weight is 240 g/mol. The van der Waals surface area contributed by atoms with Gasteiger partial charge in [-0.15, -0.1) is 5.10 Å². The fourth-order valence-corrected chi connectivity index (χ4v) is 0.752. The molecule has 17 heavy (non-hydrogen) atoms. The molecular weight excluding hydrogens is 224 g/mol. The summed E-state index contributed by atoms with van der Waals surface area (Å²) >= 11 is 0. The van der Waals surface area contributed by atoms with Crippen molar-refractivity contribution in [1.82, 2.24) is 0 Å². The zero-order valence-corrected chi connectivity index (χ0v) is 10.1. The van der Waals surface area contributed by atoms with Gasteiger partial charge in [0.25, 0.3) is 0 Å². The van der Waals surface area contributed by atoms with Gasteiger partial charge in [0, 0.05) is 18.7 Å². The summed E-state index contributed by atoms with van der Waals surface area (Å²) in [4.78, 5) is 20.5. The predicted octanol–water partition coefficient (Wildman–Crippen LogP) is 1.42. The van der Waals surface area contributed by atoms with Crippen LogP contribution in [0.5, 0.6) is 0 Å². The second-order valence-electron chi connectivity index (χ2n) is 4.09. The summed E-state index contributed by atoms with van der Waals surface area (Å²) in [5, 5.41) is 14.9. The molecule has 0 atom stereocenters. The molecule has 0 spiro atoms. The van der Waals surface area contributed by atoms with Crippen LogP contribution in [0.1, 0.15) is 27.2 Å². The molecule has 0 saturated heterocycles. The van der Waals surface area contributed by atoms with E-state index in [2.05, 4.69) is 16.8 Å². The van der Waals surface area contributed by atoms with Gasteiger partial charge in [0.2, 0.25) is 0 Å². The molecular formula is C11H16N2O4. The van der Waals surface area contributed by atoms with Crippen LogP contribution in [-0.4, -0.2) is 34.6 Å². The Morgan fingerprint density at radius 2 is 2.12 bits per heavy atom. The molecule has 0 fully saturated rings. The number of aliphatic carboxylic acids is 1. The van der Waals surface area contributed by atoms with Gasteiger partial charge in [0.15, 0.2) is 5.71 Å². The molecule has 0 saturated carbocycles. The fraction of sp³-hybridized carbons (Fsp3) is 0.455. The van der Waals surface area contributed by atoms with Crippen molar-refractivity contribution < 1.29 is 19.4 Å². The van der Waals surface area contributed by atoms with E-state index in [-0.39, 0.29) is 11.7 Å². The van der Waals surface area contributed by atoms with Gasteiger partial charge in [-0.3, -0.25) is 0 Å². The number of rotatable bonds is 2. The molecule has 1 aliphatic heterocycles. The number of carboxylic acid groups (broad SMARTS) is 1. The van der Waals surface area contributed by atoms with Crippen LogP contribution in [0.25, 0.3) is 0 Å². The quantitative estimate of drug-likeness (QED) is 0.584. The largest absolute Gasteiger partial charge is 0.477 e. The third-order valence-electron chi connectivity index (χ3n) is 1.37. The summed E-state index contributed by atoms with van der Waals surface area (Å²) in [6, 6.07) is 0. The minimum absolute atomic E-state index is 0.116. The SMILES string of the molecule is C=CC(=O)OC(C)(C)C.O=C(O)C1=NN=CC1. The molecule has 1 heterocycles. The predicted molar refractivity (Wildman–Crippen MR) is 64.2 cm³/mol. The van der Waals surface area contributed by atoms with Gasteiger partial charge in [-0.2, -0.15) is 5.10 Å². The fourth-order valence-electron chi connectivity index (χ4n) is 0.752. The maximum Gasteiger partial charge on any atom is 0.352 e. The van der Waals surface area contributed by atoms with Crippen LogP contribution in [0, 0.1) is 0 Å². The van der Waals surface area contributed by atoms with E-state index in [9.17, 15) is 9.59 Å². The van der Waals surface area contributed by atoms with Gasteiger partial charge in [-0.1, -0.05) is 6.58 Å². The number of carboxylic acids is 1. The van der Waals surface area contributed by atoms with Crippen LogP contribution in [0.15, 0.2) is 22.9 Å². The van der Waals surface area contributed by atoms with Crippen molar-refractivity contribution in [3.63, 3.8) is 0 Å². The van der Waals surface area contributed by atoms with Gasteiger partial charge in [-0.05, 0) is 20.8 Å². The van der Waals surface area contributed by atoms with E-state index in [1.807, 2.05) is 20.8 Å². The Kier molecular flexibility index (Phi) is 5.80. The highest BCUT2D eigenvalue weighted by atomic mass is 16.6. The number of esters is 1. The van der Waals surface area contributed by atoms with Crippen molar-refractivity contribution in [3.05, 3.63) is 12.7 Å². The summed E-state index contributed by atoms with van der Waals surface area (Å²) in [5.74, 6) is -1.36. The first-order valence-corrected chi connectivity index (χ1v) is 4.93. The first-order valence-electron chi connectivity index (χ1n) is 4.93. The minimum atomic E-state index is -0.984. The van der Waals surface area contributed by atoms with E-state index in [1.165, 1.54) is 6.21 Å². The summed E-state index contributed by atoms with van der Waals surface area (Å²) < 4.78 is 4.83. The second-order valence-corrected chi connectivity index (χ2v) is 4.09. The summed E-state index contributed by atoms with van der Waals surface area (Å²) in [6.45, 7) is 8.71. The highest BCUT2D eigenvalue weighted by Gasteiger charge is 2.13. The Hall–Kier alpha value is -1.98. The van der Waals surface area contributed by atoms with Crippen molar-refractivity contribution in [1.29, 1.82) is 0 Å². The summed E-state index contributed by atoms with van der Waals surface area (Å²) in [5.41, 5.74) is -0.282. The number of hydrogen-bond acceptors (Lipinski definition) is 5. The summed E-state index contributed by atoms with van der Waals surface area (Å²) in [7, 11) is 0. The maximum atomic E-state index is 10.5. The molecule has 1 aliphatic rings. The zero-order valence-electron chi connectivity index (χ0n) is 10.1. The third-order valence-corrected chi connectivity index (χ3v) is 1.37. The van der Waals surface area contributed by atoms with E-state index >= 15 is 0 Å². The molecule has 1 N–H and O–H groups in total. The van der Waals surface area contributed by atoms with Gasteiger partial charge < -0.3 is 9.84 Å². The Morgan fingerprint density at radius 1 is 1.53 bits per heavy atom. The molecule has 0 radical (unpaired) electrons. The molecule has 0 unspecified atom stereocenters. The van der Waals surface area contributed by atoms with Crippen LogP contribution < -0.4 is 0 Å². The van der Waals surface area contributed by atoms with Crippen LogP contribution in [0.3, 0.4) is 0 Å². The monoisotopic (exact) mass is 240 g/mol. The first-order chi connectivity index (χ1) is 7.76. The molecule has 94 valence electrons. The highest BCUT2D eigenvalue weighted by Crippen LogP contribution is 2.06. The van der Waals surface area contributed by atoms with E-state index in [4.69, 9.17) is 9.84 Å². The normalized spacial score (nSPS) is 13.2. The van der Waals surface area contributed by atoms with Gasteiger partial charge in [-0.25, -0.2) is 9.59 Å². The molecule has 0 bridgehead atoms. The Labute approximate surface area is 99.7 Å². The van der Waals surface area contributed by atoms with Crippen molar-refractivity contribution in [3.8, 4) is 0 Å². The number of hydrogen-bond donors (Lipinski definition) is 1. The molecule has 0 aromatic rings. The Balaban J connectivity index is 0.000000302.